The second-order valence-corrected chi connectivity index (χ2v) is 13.6. The number of aromatic hydroxyl groups is 6. The fourth-order valence-electron chi connectivity index (χ4n) is 2.73. The topological polar surface area (TPSA) is 121 Å². The van der Waals surface area contributed by atoms with E-state index in [4.69, 9.17) is 30.6 Å². The predicted molar refractivity (Wildman–Crippen MR) is 299 cm³/mol. The molecule has 0 saturated carbocycles. The van der Waals surface area contributed by atoms with Crippen molar-refractivity contribution < 1.29 is 89.7 Å². The van der Waals surface area contributed by atoms with Gasteiger partial charge in [-0.1, -0.05) is 234 Å². The van der Waals surface area contributed by atoms with Gasteiger partial charge in [-0.3, -0.25) is 0 Å². The molecule has 0 heterocycles. The van der Waals surface area contributed by atoms with Crippen LogP contribution in [0.5, 0.6) is 34.5 Å². The number of halogens is 6. The third-order valence-corrected chi connectivity index (χ3v) is 5.95. The fourth-order valence-corrected chi connectivity index (χ4v) is 2.73. The van der Waals surface area contributed by atoms with Gasteiger partial charge in [0.25, 0.3) is 0 Å². The molecule has 0 aliphatic heterocycles. The van der Waals surface area contributed by atoms with Crippen molar-refractivity contribution in [1.82, 2.24) is 0 Å². The summed E-state index contributed by atoms with van der Waals surface area (Å²) < 4.78 is 69.7. The van der Waals surface area contributed by atoms with Gasteiger partial charge in [-0.25, -0.2) is 0 Å². The smallest absolute Gasteiger partial charge is 0.402 e. The molecule has 0 aliphatic rings. The summed E-state index contributed by atoms with van der Waals surface area (Å²) in [5.41, 5.74) is -3.12. The monoisotopic (exact) mass is 1120 g/mol. The quantitative estimate of drug-likeness (QED) is 0.0843. The fraction of sp³-hybridized carbons (Fsp3) is 0.400. The third kappa shape index (κ3) is 75.9. The van der Waals surface area contributed by atoms with E-state index in [1.54, 1.807) is 146 Å². The van der Waals surface area contributed by atoms with Gasteiger partial charge in [0.15, 0.2) is 5.41 Å². The van der Waals surface area contributed by atoms with E-state index >= 15 is 0 Å². The van der Waals surface area contributed by atoms with Gasteiger partial charge in [0, 0.05) is 32.7 Å². The van der Waals surface area contributed by atoms with Gasteiger partial charge in [0.05, 0.1) is 0 Å². The van der Waals surface area contributed by atoms with E-state index in [-0.39, 0.29) is 46.6 Å². The van der Waals surface area contributed by atoms with Crippen LogP contribution in [0.15, 0.2) is 182 Å². The second kappa shape index (κ2) is 64.8. The zero-order valence-electron chi connectivity index (χ0n) is 47.8. The van der Waals surface area contributed by atoms with Crippen molar-refractivity contribution >= 4 is 0 Å². The summed E-state index contributed by atoms with van der Waals surface area (Å²) in [6, 6.07) is 52.3. The molecule has 0 amide bonds. The molecule has 0 bridgehead atoms. The first-order chi connectivity index (χ1) is 33.9. The Morgan fingerprint density at radius 2 is 0.315 bits per heavy atom. The van der Waals surface area contributed by atoms with Gasteiger partial charge < -0.3 is 30.6 Å². The minimum Gasteiger partial charge on any atom is -0.508 e. The minimum absolute atomic E-state index is 0. The summed E-state index contributed by atoms with van der Waals surface area (Å²) in [4.78, 5) is 0. The van der Waals surface area contributed by atoms with Crippen molar-refractivity contribution in [2.75, 3.05) is 0 Å². The molecule has 13 heteroatoms. The molecule has 0 aliphatic carbocycles. The van der Waals surface area contributed by atoms with Crippen LogP contribution in [0.2, 0.25) is 0 Å². The Hall–Kier alpha value is -5.20. The summed E-state index contributed by atoms with van der Waals surface area (Å²) in [5, 5.41) is 51.8. The molecule has 6 nitrogen and oxygen atoms in total. The molecule has 6 N–H and O–H groups in total. The van der Waals surface area contributed by atoms with E-state index in [0.29, 0.717) is 39.9 Å². The molecule has 0 saturated heterocycles. The SMILES string of the molecule is CC.CC.CC.CC.CC.CC.CC.CC(C)(C(F)(F)F)C(F)(F)F.CC(C)(C)C.Oc1ccccc1.Oc1ccccc1.Oc1ccccc1.Oc1ccccc1.Oc1ccccc1.Oc1ccccc1.[Y]. The molecule has 0 atom stereocenters. The maximum atomic E-state index is 11.6. The maximum Gasteiger partial charge on any atom is 0.402 e. The summed E-state index contributed by atoms with van der Waals surface area (Å²) in [5.74, 6) is 1.93. The van der Waals surface area contributed by atoms with Gasteiger partial charge in [0.1, 0.15) is 34.5 Å². The van der Waals surface area contributed by atoms with Crippen LogP contribution in [0.1, 0.15) is 138 Å². The summed E-state index contributed by atoms with van der Waals surface area (Å²) in [7, 11) is 0. The number of benzene rings is 6. The summed E-state index contributed by atoms with van der Waals surface area (Å²) in [6.07, 6.45) is -10.5. The minimum atomic E-state index is -5.24. The largest absolute Gasteiger partial charge is 0.508 e. The standard InChI is InChI=1S/6C6H6O.C5H6F6.C5H12.7C2H6.Y/c6*7-6-4-2-1-3-5-6;1-3(2,4(6,7)8)5(9,10)11;1-5(2,3)4;7*1-2;/h6*1-5,7H;1-2H3;1-4H3;7*1-2H3;. The van der Waals surface area contributed by atoms with Gasteiger partial charge in [-0.05, 0) is 92.1 Å². The van der Waals surface area contributed by atoms with Crippen LogP contribution in [0, 0.1) is 10.8 Å². The van der Waals surface area contributed by atoms with Gasteiger partial charge in [-0.2, -0.15) is 26.3 Å². The van der Waals surface area contributed by atoms with Crippen LogP contribution >= 0.6 is 0 Å². The number of rotatable bonds is 0. The Balaban J connectivity index is -0.0000000752. The summed E-state index contributed by atoms with van der Waals surface area (Å²) in [6.45, 7) is 37.0. The Kier molecular flexibility index (Phi) is 80.4. The number of phenolic OH excluding ortho intramolecular Hbond substituents is 6. The number of hydrogen-bond acceptors (Lipinski definition) is 6. The van der Waals surface area contributed by atoms with Crippen molar-refractivity contribution in [3.63, 3.8) is 0 Å². The molecule has 0 aromatic heterocycles. The molecule has 417 valence electrons. The summed E-state index contributed by atoms with van der Waals surface area (Å²) >= 11 is 0. The van der Waals surface area contributed by atoms with E-state index in [0.717, 1.165) is 0 Å². The van der Waals surface area contributed by atoms with Crippen LogP contribution in [0.25, 0.3) is 0 Å². The number of hydrogen-bond donors (Lipinski definition) is 6. The Morgan fingerprint density at radius 1 is 0.233 bits per heavy atom. The number of para-hydroxylation sites is 6. The molecule has 0 spiro atoms. The van der Waals surface area contributed by atoms with Gasteiger partial charge in [-0.15, -0.1) is 0 Å². The molecule has 1 radical (unpaired) electrons. The molecule has 73 heavy (non-hydrogen) atoms. The average molecular weight is 1120 g/mol. The van der Waals surface area contributed by atoms with Crippen molar-refractivity contribution in [1.29, 1.82) is 0 Å². The molecule has 6 rings (SSSR count). The predicted octanol–water partition coefficient (Wildman–Crippen LogP) is 20.7. The first kappa shape index (κ1) is 90.6. The second-order valence-electron chi connectivity index (χ2n) is 13.6. The maximum absolute atomic E-state index is 11.6. The van der Waals surface area contributed by atoms with Crippen LogP contribution in [-0.2, 0) is 32.7 Å². The van der Waals surface area contributed by atoms with Crippen LogP contribution in [0.3, 0.4) is 0 Å². The molecular formula is C60H96F6O6Y. The normalized spacial score (nSPS) is 8.63. The Morgan fingerprint density at radius 3 is 0.342 bits per heavy atom. The van der Waals surface area contributed by atoms with Crippen LogP contribution in [0.4, 0.5) is 26.3 Å². The third-order valence-electron chi connectivity index (χ3n) is 5.95. The zero-order chi connectivity index (χ0) is 58.7. The van der Waals surface area contributed by atoms with Gasteiger partial charge in [0.2, 0.25) is 0 Å². The van der Waals surface area contributed by atoms with Crippen molar-refractivity contribution in [2.45, 2.75) is 151 Å². The Bertz CT molecular complexity index is 1490. The van der Waals surface area contributed by atoms with Crippen molar-refractivity contribution in [3.05, 3.63) is 182 Å². The Labute approximate surface area is 465 Å². The van der Waals surface area contributed by atoms with E-state index < -0.39 is 17.8 Å². The van der Waals surface area contributed by atoms with Crippen molar-refractivity contribution in [3.8, 4) is 34.5 Å². The molecule has 6 aromatic rings. The van der Waals surface area contributed by atoms with E-state index in [1.165, 1.54) is 0 Å². The van der Waals surface area contributed by atoms with Crippen LogP contribution < -0.4 is 0 Å². The zero-order valence-corrected chi connectivity index (χ0v) is 50.7. The number of phenols is 6. The van der Waals surface area contributed by atoms with E-state index in [9.17, 15) is 26.3 Å². The first-order valence-electron chi connectivity index (χ1n) is 24.4. The number of alkyl halides is 6. The van der Waals surface area contributed by atoms with Crippen LogP contribution in [-0.4, -0.2) is 43.0 Å². The molecule has 0 unspecified atom stereocenters. The average Bonchev–Trinajstić information content (AvgIpc) is 3.37. The first-order valence-corrected chi connectivity index (χ1v) is 24.4. The van der Waals surface area contributed by atoms with Crippen molar-refractivity contribution in [2.24, 2.45) is 10.8 Å². The van der Waals surface area contributed by atoms with Gasteiger partial charge >= 0.3 is 12.4 Å². The molecule has 6 aromatic carbocycles. The molecular weight excluding hydrogens is 1020 g/mol. The molecule has 0 fully saturated rings. The van der Waals surface area contributed by atoms with E-state index in [1.807, 2.05) is 133 Å². The van der Waals surface area contributed by atoms with E-state index in [2.05, 4.69) is 27.7 Å².